The van der Waals surface area contributed by atoms with E-state index in [0.717, 1.165) is 36.4 Å². The Labute approximate surface area is 204 Å². The Morgan fingerprint density at radius 2 is 1.57 bits per heavy atom. The van der Waals surface area contributed by atoms with Crippen molar-refractivity contribution >= 4 is 11.6 Å². The topological polar surface area (TPSA) is 53.1 Å². The average Bonchev–Trinajstić information content (AvgIpc) is 3.65. The Balaban J connectivity index is 1.09. The van der Waals surface area contributed by atoms with Crippen LogP contribution in [0.2, 0.25) is 0 Å². The predicted molar refractivity (Wildman–Crippen MR) is 137 cm³/mol. The van der Waals surface area contributed by atoms with Crippen LogP contribution in [0.25, 0.3) is 22.8 Å². The van der Waals surface area contributed by atoms with Crippen molar-refractivity contribution in [3.63, 3.8) is 0 Å². The molecule has 3 aromatic carbocycles. The van der Waals surface area contributed by atoms with Crippen molar-refractivity contribution in [2.75, 3.05) is 0 Å². The maximum atomic E-state index is 5.95. The van der Waals surface area contributed by atoms with Crippen LogP contribution in [0, 0.1) is 0 Å². The first-order valence-electron chi connectivity index (χ1n) is 11.9. The molecule has 1 aliphatic rings. The number of aryl methyl sites for hydroxylation is 2. The number of fused-ring (bicyclic) bond motifs is 3. The van der Waals surface area contributed by atoms with Gasteiger partial charge in [-0.1, -0.05) is 60.7 Å². The molecule has 35 heavy (non-hydrogen) atoms. The second kappa shape index (κ2) is 9.47. The van der Waals surface area contributed by atoms with E-state index >= 15 is 0 Å². The van der Waals surface area contributed by atoms with Gasteiger partial charge in [-0.05, 0) is 58.4 Å². The van der Waals surface area contributed by atoms with Crippen LogP contribution in [-0.4, -0.2) is 14.5 Å². The minimum absolute atomic E-state index is 0.361. The molecule has 0 N–H and O–H groups in total. The number of imidazole rings is 1. The molecule has 1 aliphatic carbocycles. The molecule has 5 nitrogen and oxygen atoms in total. The van der Waals surface area contributed by atoms with Crippen molar-refractivity contribution in [3.05, 3.63) is 126 Å². The lowest BCUT2D eigenvalue weighted by atomic mass is 10.0. The fraction of sp³-hybridized carbons (Fsp3) is 0.133. The Morgan fingerprint density at radius 1 is 0.857 bits per heavy atom. The van der Waals surface area contributed by atoms with Gasteiger partial charge in [0.2, 0.25) is 5.89 Å². The number of aromatic nitrogens is 3. The van der Waals surface area contributed by atoms with Crippen LogP contribution in [0.1, 0.15) is 34.7 Å². The average molecular weight is 460 g/mol. The second-order valence-corrected chi connectivity index (χ2v) is 8.66. The minimum atomic E-state index is 0.361. The van der Waals surface area contributed by atoms with Gasteiger partial charge >= 0.3 is 0 Å². The molecule has 0 radical (unpaired) electrons. The third kappa shape index (κ3) is 4.53. The van der Waals surface area contributed by atoms with Crippen molar-refractivity contribution in [2.24, 2.45) is 0 Å². The number of hydrogen-bond donors (Lipinski definition) is 0. The van der Waals surface area contributed by atoms with Crippen LogP contribution in [0.4, 0.5) is 0 Å². The SMILES string of the molecule is C(=C1c2ccccc2-c2ccccc21)c1nc(COc2ccc(CCCn3ccnc3)cc2)co1. The van der Waals surface area contributed by atoms with Crippen LogP contribution in [0.5, 0.6) is 5.75 Å². The standard InChI is InChI=1S/C30H25N3O2/c1-3-9-27-25(7-1)26-8-2-4-10-28(26)29(27)18-30-32-23(20-35-30)19-34-24-13-11-22(12-14-24)6-5-16-33-17-15-31-21-33/h1-4,7-15,17-18,20-21H,5-6,16,19H2. The molecule has 0 saturated heterocycles. The Kier molecular flexibility index (Phi) is 5.73. The zero-order chi connectivity index (χ0) is 23.5. The minimum Gasteiger partial charge on any atom is -0.487 e. The van der Waals surface area contributed by atoms with Crippen LogP contribution < -0.4 is 4.74 Å². The molecule has 0 bridgehead atoms. The highest BCUT2D eigenvalue weighted by Gasteiger charge is 2.23. The smallest absolute Gasteiger partial charge is 0.219 e. The number of oxazole rings is 1. The lowest BCUT2D eigenvalue weighted by Gasteiger charge is -2.06. The molecule has 0 saturated carbocycles. The quantitative estimate of drug-likeness (QED) is 0.256. The van der Waals surface area contributed by atoms with E-state index in [-0.39, 0.29) is 0 Å². The molecule has 0 aliphatic heterocycles. The molecular weight excluding hydrogens is 434 g/mol. The largest absolute Gasteiger partial charge is 0.487 e. The van der Waals surface area contributed by atoms with Crippen molar-refractivity contribution in [1.29, 1.82) is 0 Å². The van der Waals surface area contributed by atoms with E-state index in [1.165, 1.54) is 27.8 Å². The molecule has 2 aromatic heterocycles. The van der Waals surface area contributed by atoms with Crippen LogP contribution in [0.3, 0.4) is 0 Å². The molecule has 6 rings (SSSR count). The van der Waals surface area contributed by atoms with Crippen LogP contribution in [-0.2, 0) is 19.6 Å². The number of rotatable bonds is 8. The first-order valence-corrected chi connectivity index (χ1v) is 11.9. The maximum absolute atomic E-state index is 5.95. The molecular formula is C30H25N3O2. The van der Waals surface area contributed by atoms with Crippen LogP contribution >= 0.6 is 0 Å². The van der Waals surface area contributed by atoms with E-state index in [1.54, 1.807) is 6.26 Å². The van der Waals surface area contributed by atoms with Gasteiger partial charge in [-0.3, -0.25) is 0 Å². The summed E-state index contributed by atoms with van der Waals surface area (Å²) in [6.45, 7) is 1.33. The molecule has 0 atom stereocenters. The molecule has 0 amide bonds. The number of benzene rings is 3. The van der Waals surface area contributed by atoms with E-state index < -0.39 is 0 Å². The maximum Gasteiger partial charge on any atom is 0.219 e. The molecule has 2 heterocycles. The molecule has 172 valence electrons. The van der Waals surface area contributed by atoms with Gasteiger partial charge < -0.3 is 13.7 Å². The van der Waals surface area contributed by atoms with E-state index in [0.29, 0.717) is 12.5 Å². The normalized spacial score (nSPS) is 11.8. The summed E-state index contributed by atoms with van der Waals surface area (Å²) >= 11 is 0. The van der Waals surface area contributed by atoms with E-state index in [1.807, 2.05) is 36.9 Å². The first kappa shape index (κ1) is 21.2. The van der Waals surface area contributed by atoms with Crippen LogP contribution in [0.15, 0.2) is 102 Å². The fourth-order valence-electron chi connectivity index (χ4n) is 4.58. The summed E-state index contributed by atoms with van der Waals surface area (Å²) in [7, 11) is 0. The Hall–Kier alpha value is -4.38. The Morgan fingerprint density at radius 3 is 2.26 bits per heavy atom. The van der Waals surface area contributed by atoms with E-state index in [9.17, 15) is 0 Å². The summed E-state index contributed by atoms with van der Waals surface area (Å²) in [5.74, 6) is 1.41. The zero-order valence-electron chi connectivity index (χ0n) is 19.3. The van der Waals surface area contributed by atoms with E-state index in [4.69, 9.17) is 9.15 Å². The third-order valence-electron chi connectivity index (χ3n) is 6.31. The molecule has 0 spiro atoms. The highest BCUT2D eigenvalue weighted by molar-refractivity contribution is 6.05. The predicted octanol–water partition coefficient (Wildman–Crippen LogP) is 6.65. The van der Waals surface area contributed by atoms with Gasteiger partial charge in [-0.2, -0.15) is 0 Å². The number of hydrogen-bond acceptors (Lipinski definition) is 4. The summed E-state index contributed by atoms with van der Waals surface area (Å²) in [6.07, 6.45) is 11.4. The fourth-order valence-corrected chi connectivity index (χ4v) is 4.58. The summed E-state index contributed by atoms with van der Waals surface area (Å²) < 4.78 is 13.8. The van der Waals surface area contributed by atoms with Crippen molar-refractivity contribution < 1.29 is 9.15 Å². The molecule has 5 aromatic rings. The monoisotopic (exact) mass is 459 g/mol. The lowest BCUT2D eigenvalue weighted by Crippen LogP contribution is -1.98. The van der Waals surface area contributed by atoms with E-state index in [2.05, 4.69) is 75.2 Å². The molecule has 5 heteroatoms. The van der Waals surface area contributed by atoms with Crippen molar-refractivity contribution in [3.8, 4) is 16.9 Å². The highest BCUT2D eigenvalue weighted by Crippen LogP contribution is 2.44. The first-order chi connectivity index (χ1) is 17.3. The van der Waals surface area contributed by atoms with Crippen molar-refractivity contribution in [1.82, 2.24) is 14.5 Å². The Bertz CT molecular complexity index is 1420. The molecule has 0 unspecified atom stereocenters. The molecule has 0 fully saturated rings. The third-order valence-corrected chi connectivity index (χ3v) is 6.31. The zero-order valence-corrected chi connectivity index (χ0v) is 19.3. The van der Waals surface area contributed by atoms with Gasteiger partial charge in [0.1, 0.15) is 24.3 Å². The summed E-state index contributed by atoms with van der Waals surface area (Å²) in [4.78, 5) is 8.72. The van der Waals surface area contributed by atoms with Gasteiger partial charge in [0.15, 0.2) is 0 Å². The summed E-state index contributed by atoms with van der Waals surface area (Å²) in [5.41, 5.74) is 8.09. The summed E-state index contributed by atoms with van der Waals surface area (Å²) in [6, 6.07) is 25.2. The van der Waals surface area contributed by atoms with Crippen molar-refractivity contribution in [2.45, 2.75) is 26.0 Å². The van der Waals surface area contributed by atoms with Gasteiger partial charge in [-0.15, -0.1) is 0 Å². The van der Waals surface area contributed by atoms with Gasteiger partial charge in [0, 0.05) is 25.0 Å². The van der Waals surface area contributed by atoms with Gasteiger partial charge in [-0.25, -0.2) is 9.97 Å². The lowest BCUT2D eigenvalue weighted by molar-refractivity contribution is 0.301. The van der Waals surface area contributed by atoms with Gasteiger partial charge in [0.05, 0.1) is 6.33 Å². The summed E-state index contributed by atoms with van der Waals surface area (Å²) in [5, 5.41) is 0. The second-order valence-electron chi connectivity index (χ2n) is 8.66. The number of ether oxygens (including phenoxy) is 1. The van der Waals surface area contributed by atoms with Gasteiger partial charge in [0.25, 0.3) is 0 Å². The number of nitrogens with zero attached hydrogens (tertiary/aromatic N) is 3. The highest BCUT2D eigenvalue weighted by atomic mass is 16.5.